The Hall–Kier alpha value is -0.450. The smallest absolute Gasteiger partial charge is 0.128 e. The number of nitrogens with one attached hydrogen (secondary N) is 1. The number of halogens is 2. The fourth-order valence-corrected chi connectivity index (χ4v) is 3.77. The van der Waals surface area contributed by atoms with E-state index in [9.17, 15) is 4.39 Å². The van der Waals surface area contributed by atoms with E-state index in [2.05, 4.69) is 21.2 Å². The molecule has 2 rings (SSSR count). The second kappa shape index (κ2) is 7.01. The van der Waals surface area contributed by atoms with E-state index in [1.54, 1.807) is 6.07 Å². The van der Waals surface area contributed by atoms with E-state index in [4.69, 9.17) is 4.74 Å². The summed E-state index contributed by atoms with van der Waals surface area (Å²) >= 11 is 3.44. The minimum absolute atomic E-state index is 0.111. The molecule has 1 aliphatic carbocycles. The molecule has 0 radical (unpaired) electrons. The molecule has 1 fully saturated rings. The van der Waals surface area contributed by atoms with Crippen LogP contribution in [0, 0.1) is 5.82 Å². The van der Waals surface area contributed by atoms with Gasteiger partial charge in [-0.15, -0.1) is 0 Å². The lowest BCUT2D eigenvalue weighted by atomic mass is 9.76. The Kier molecular flexibility index (Phi) is 5.58. The van der Waals surface area contributed by atoms with Crippen molar-refractivity contribution in [3.63, 3.8) is 0 Å². The highest BCUT2D eigenvalue weighted by atomic mass is 79.9. The molecule has 2 nitrogen and oxygen atoms in total. The van der Waals surface area contributed by atoms with E-state index < -0.39 is 0 Å². The maximum atomic E-state index is 14.3. The molecule has 0 spiro atoms. The standard InChI is InChI=1S/C16H23BrFNO/c1-3-20-16(9-5-4-6-10-16)15(19-2)13-11-12(17)7-8-14(13)18/h7-8,11,15,19H,3-6,9-10H2,1-2H3. The normalized spacial score (nSPS) is 19.8. The van der Waals surface area contributed by atoms with E-state index in [1.165, 1.54) is 12.5 Å². The third-order valence-electron chi connectivity index (χ3n) is 4.22. The van der Waals surface area contributed by atoms with Gasteiger partial charge in [0.15, 0.2) is 0 Å². The average Bonchev–Trinajstić information content (AvgIpc) is 2.45. The van der Waals surface area contributed by atoms with Gasteiger partial charge in [-0.1, -0.05) is 35.2 Å². The molecule has 112 valence electrons. The summed E-state index contributed by atoms with van der Waals surface area (Å²) in [7, 11) is 1.89. The van der Waals surface area contributed by atoms with Crippen molar-refractivity contribution in [2.24, 2.45) is 0 Å². The third kappa shape index (κ3) is 3.23. The van der Waals surface area contributed by atoms with Crippen LogP contribution in [-0.4, -0.2) is 19.3 Å². The Morgan fingerprint density at radius 3 is 2.65 bits per heavy atom. The van der Waals surface area contributed by atoms with Gasteiger partial charge in [0.05, 0.1) is 11.6 Å². The minimum atomic E-state index is -0.288. The maximum Gasteiger partial charge on any atom is 0.128 e. The van der Waals surface area contributed by atoms with Gasteiger partial charge in [0.25, 0.3) is 0 Å². The van der Waals surface area contributed by atoms with Crippen molar-refractivity contribution in [3.8, 4) is 0 Å². The van der Waals surface area contributed by atoms with Crippen molar-refractivity contribution in [3.05, 3.63) is 34.1 Å². The third-order valence-corrected chi connectivity index (χ3v) is 4.71. The van der Waals surface area contributed by atoms with Gasteiger partial charge in [-0.25, -0.2) is 4.39 Å². The molecular weight excluding hydrogens is 321 g/mol. The lowest BCUT2D eigenvalue weighted by Crippen LogP contribution is -2.47. The minimum Gasteiger partial charge on any atom is -0.373 e. The summed E-state index contributed by atoms with van der Waals surface area (Å²) in [6, 6.07) is 5.01. The van der Waals surface area contributed by atoms with Crippen LogP contribution >= 0.6 is 15.9 Å². The number of likely N-dealkylation sites (N-methyl/N-ethyl adjacent to an activating group) is 1. The Morgan fingerprint density at radius 2 is 2.05 bits per heavy atom. The van der Waals surface area contributed by atoms with E-state index in [0.717, 1.165) is 30.2 Å². The Balaban J connectivity index is 2.39. The van der Waals surface area contributed by atoms with Gasteiger partial charge in [0.2, 0.25) is 0 Å². The van der Waals surface area contributed by atoms with Gasteiger partial charge in [-0.2, -0.15) is 0 Å². The van der Waals surface area contributed by atoms with Crippen molar-refractivity contribution in [1.29, 1.82) is 0 Å². The highest BCUT2D eigenvalue weighted by molar-refractivity contribution is 9.10. The van der Waals surface area contributed by atoms with Gasteiger partial charge < -0.3 is 10.1 Å². The summed E-state index contributed by atoms with van der Waals surface area (Å²) in [4.78, 5) is 0. The van der Waals surface area contributed by atoms with Crippen LogP contribution in [0.15, 0.2) is 22.7 Å². The zero-order chi connectivity index (χ0) is 14.6. The monoisotopic (exact) mass is 343 g/mol. The van der Waals surface area contributed by atoms with E-state index >= 15 is 0 Å². The molecule has 0 saturated heterocycles. The quantitative estimate of drug-likeness (QED) is 0.844. The van der Waals surface area contributed by atoms with Gasteiger partial charge in [-0.05, 0) is 45.0 Å². The molecule has 1 atom stereocenters. The van der Waals surface area contributed by atoms with Crippen LogP contribution in [-0.2, 0) is 4.74 Å². The molecular formula is C16H23BrFNO. The summed E-state index contributed by atoms with van der Waals surface area (Å²) in [5.74, 6) is -0.169. The first-order valence-electron chi connectivity index (χ1n) is 7.39. The summed E-state index contributed by atoms with van der Waals surface area (Å²) in [6.07, 6.45) is 5.50. The van der Waals surface area contributed by atoms with E-state index in [-0.39, 0.29) is 17.5 Å². The molecule has 0 amide bonds. The SMILES string of the molecule is CCOC1(C(NC)c2cc(Br)ccc2F)CCCCC1. The number of ether oxygens (including phenoxy) is 1. The molecule has 0 bridgehead atoms. The van der Waals surface area contributed by atoms with Crippen LogP contribution in [0.5, 0.6) is 0 Å². The maximum absolute atomic E-state index is 14.3. The summed E-state index contributed by atoms with van der Waals surface area (Å²) in [6.45, 7) is 2.67. The van der Waals surface area contributed by atoms with Crippen molar-refractivity contribution in [2.75, 3.05) is 13.7 Å². The predicted octanol–water partition coefficient (Wildman–Crippen LogP) is 4.59. The fourth-order valence-electron chi connectivity index (χ4n) is 3.39. The lowest BCUT2D eigenvalue weighted by molar-refractivity contribution is -0.0904. The van der Waals surface area contributed by atoms with E-state index in [0.29, 0.717) is 12.2 Å². The molecule has 0 aromatic heterocycles. The topological polar surface area (TPSA) is 21.3 Å². The molecule has 20 heavy (non-hydrogen) atoms. The first kappa shape index (κ1) is 15.9. The van der Waals surface area contributed by atoms with Crippen LogP contribution < -0.4 is 5.32 Å². The predicted molar refractivity (Wildman–Crippen MR) is 83.3 cm³/mol. The second-order valence-electron chi connectivity index (χ2n) is 5.45. The largest absolute Gasteiger partial charge is 0.373 e. The molecule has 1 N–H and O–H groups in total. The second-order valence-corrected chi connectivity index (χ2v) is 6.36. The molecule has 1 saturated carbocycles. The first-order chi connectivity index (χ1) is 9.63. The van der Waals surface area contributed by atoms with Crippen molar-refractivity contribution < 1.29 is 9.13 Å². The average molecular weight is 344 g/mol. The highest BCUT2D eigenvalue weighted by Crippen LogP contribution is 2.42. The first-order valence-corrected chi connectivity index (χ1v) is 8.18. The molecule has 1 aliphatic rings. The highest BCUT2D eigenvalue weighted by Gasteiger charge is 2.41. The van der Waals surface area contributed by atoms with Crippen LogP contribution in [0.25, 0.3) is 0 Å². The van der Waals surface area contributed by atoms with Crippen LogP contribution in [0.3, 0.4) is 0 Å². The zero-order valence-electron chi connectivity index (χ0n) is 12.2. The van der Waals surface area contributed by atoms with Crippen LogP contribution in [0.4, 0.5) is 4.39 Å². The molecule has 1 unspecified atom stereocenters. The van der Waals surface area contributed by atoms with Gasteiger partial charge in [0.1, 0.15) is 5.82 Å². The molecule has 0 aliphatic heterocycles. The van der Waals surface area contributed by atoms with Crippen molar-refractivity contribution in [1.82, 2.24) is 5.32 Å². The number of hydrogen-bond donors (Lipinski definition) is 1. The van der Waals surface area contributed by atoms with Crippen molar-refractivity contribution >= 4 is 15.9 Å². The van der Waals surface area contributed by atoms with E-state index in [1.807, 2.05) is 20.0 Å². The summed E-state index contributed by atoms with van der Waals surface area (Å²) in [5.41, 5.74) is 0.404. The molecule has 1 aromatic rings. The van der Waals surface area contributed by atoms with Gasteiger partial charge in [0, 0.05) is 16.6 Å². The molecule has 4 heteroatoms. The van der Waals surface area contributed by atoms with Gasteiger partial charge >= 0.3 is 0 Å². The fraction of sp³-hybridized carbons (Fsp3) is 0.625. The van der Waals surface area contributed by atoms with Gasteiger partial charge in [-0.3, -0.25) is 0 Å². The Morgan fingerprint density at radius 1 is 1.35 bits per heavy atom. The lowest BCUT2D eigenvalue weighted by Gasteiger charge is -2.43. The number of benzene rings is 1. The van der Waals surface area contributed by atoms with Crippen LogP contribution in [0.2, 0.25) is 0 Å². The van der Waals surface area contributed by atoms with Crippen LogP contribution in [0.1, 0.15) is 50.6 Å². The number of rotatable bonds is 5. The Bertz CT molecular complexity index is 441. The number of hydrogen-bond acceptors (Lipinski definition) is 2. The summed E-state index contributed by atoms with van der Waals surface area (Å²) < 4.78 is 21.3. The molecule has 0 heterocycles. The van der Waals surface area contributed by atoms with Crippen molar-refractivity contribution in [2.45, 2.75) is 50.7 Å². The zero-order valence-corrected chi connectivity index (χ0v) is 13.8. The Labute approximate surface area is 129 Å². The molecule has 1 aromatic carbocycles. The summed E-state index contributed by atoms with van der Waals surface area (Å²) in [5, 5.41) is 3.30.